The van der Waals surface area contributed by atoms with Crippen molar-refractivity contribution >= 4 is 15.9 Å². The molecule has 0 fully saturated rings. The van der Waals surface area contributed by atoms with Gasteiger partial charge in [0.15, 0.2) is 0 Å². The number of carbonyl (C=O) groups is 1. The fourth-order valence-corrected chi connectivity index (χ4v) is 1.79. The Morgan fingerprint density at radius 2 is 1.89 bits per heavy atom. The van der Waals surface area contributed by atoms with E-state index in [1.54, 1.807) is 0 Å². The zero-order valence-corrected chi connectivity index (χ0v) is 10.7. The van der Waals surface area contributed by atoms with Crippen molar-refractivity contribution in [1.29, 1.82) is 0 Å². The summed E-state index contributed by atoms with van der Waals surface area (Å²) in [6, 6.07) is 8.64. The molecule has 1 aromatic carbocycles. The summed E-state index contributed by atoms with van der Waals surface area (Å²) < 4.78 is 21.3. The van der Waals surface area contributed by atoms with Crippen LogP contribution in [0, 0.1) is 0 Å². The van der Waals surface area contributed by atoms with Gasteiger partial charge in [-0.25, -0.2) is 13.6 Å². The minimum absolute atomic E-state index is 0.0276. The van der Waals surface area contributed by atoms with Crippen molar-refractivity contribution in [2.45, 2.75) is 12.5 Å². The molecule has 7 heteroatoms. The maximum Gasteiger partial charge on any atom is 0.237 e. The molecule has 0 radical (unpaired) electrons. The van der Waals surface area contributed by atoms with Crippen molar-refractivity contribution in [2.24, 2.45) is 10.9 Å². The molecule has 1 amide bonds. The first-order valence-electron chi connectivity index (χ1n) is 5.46. The van der Waals surface area contributed by atoms with E-state index in [0.29, 0.717) is 6.42 Å². The lowest BCUT2D eigenvalue weighted by molar-refractivity contribution is -0.122. The molecule has 18 heavy (non-hydrogen) atoms. The molecule has 0 aliphatic rings. The van der Waals surface area contributed by atoms with Crippen molar-refractivity contribution in [3.05, 3.63) is 35.9 Å². The molecular weight excluding hydrogens is 254 g/mol. The molecule has 0 saturated heterocycles. The maximum atomic E-state index is 11.6. The van der Waals surface area contributed by atoms with E-state index < -0.39 is 16.1 Å². The smallest absolute Gasteiger partial charge is 0.237 e. The third kappa shape index (κ3) is 5.76. The molecule has 1 aromatic rings. The van der Waals surface area contributed by atoms with Gasteiger partial charge in [0.05, 0.1) is 11.8 Å². The highest BCUT2D eigenvalue weighted by molar-refractivity contribution is 7.89. The third-order valence-corrected chi connectivity index (χ3v) is 3.09. The largest absolute Gasteiger partial charge is 0.354 e. The van der Waals surface area contributed by atoms with E-state index in [1.165, 1.54) is 0 Å². The first-order valence-corrected chi connectivity index (χ1v) is 7.18. The van der Waals surface area contributed by atoms with Crippen LogP contribution in [-0.4, -0.2) is 32.7 Å². The number of hydrogen-bond acceptors (Lipinski definition) is 4. The number of carbonyl (C=O) groups excluding carboxylic acids is 1. The molecule has 0 aliphatic carbocycles. The van der Waals surface area contributed by atoms with E-state index in [0.717, 1.165) is 5.56 Å². The minimum Gasteiger partial charge on any atom is -0.354 e. The number of amides is 1. The highest BCUT2D eigenvalue weighted by atomic mass is 32.2. The highest BCUT2D eigenvalue weighted by Gasteiger charge is 2.14. The predicted octanol–water partition coefficient (Wildman–Crippen LogP) is -1.04. The van der Waals surface area contributed by atoms with Gasteiger partial charge in [-0.1, -0.05) is 30.3 Å². The van der Waals surface area contributed by atoms with Gasteiger partial charge in [-0.05, 0) is 12.0 Å². The average molecular weight is 271 g/mol. The maximum absolute atomic E-state index is 11.6. The summed E-state index contributed by atoms with van der Waals surface area (Å²) in [5.41, 5.74) is 6.66. The van der Waals surface area contributed by atoms with Crippen LogP contribution in [0.25, 0.3) is 0 Å². The Bertz CT molecular complexity index is 488. The second kappa shape index (κ2) is 6.48. The Kier molecular flexibility index (Phi) is 5.26. The zero-order valence-electron chi connectivity index (χ0n) is 9.87. The lowest BCUT2D eigenvalue weighted by atomic mass is 10.1. The van der Waals surface area contributed by atoms with Crippen LogP contribution in [0.3, 0.4) is 0 Å². The normalized spacial score (nSPS) is 13.0. The molecule has 0 saturated carbocycles. The Hall–Kier alpha value is -1.44. The lowest BCUT2D eigenvalue weighted by Crippen LogP contribution is -2.43. The van der Waals surface area contributed by atoms with Crippen LogP contribution in [0.15, 0.2) is 30.3 Å². The topological polar surface area (TPSA) is 115 Å². The molecule has 100 valence electrons. The molecule has 0 heterocycles. The second-order valence-corrected chi connectivity index (χ2v) is 5.69. The van der Waals surface area contributed by atoms with Crippen LogP contribution < -0.4 is 16.2 Å². The van der Waals surface area contributed by atoms with E-state index >= 15 is 0 Å². The Labute approximate surface area is 106 Å². The molecule has 1 unspecified atom stereocenters. The van der Waals surface area contributed by atoms with Crippen LogP contribution in [0.4, 0.5) is 0 Å². The van der Waals surface area contributed by atoms with Gasteiger partial charge in [0.25, 0.3) is 0 Å². The molecule has 1 atom stereocenters. The fraction of sp³-hybridized carbons (Fsp3) is 0.364. The number of nitrogens with one attached hydrogen (secondary N) is 1. The lowest BCUT2D eigenvalue weighted by Gasteiger charge is -2.11. The Morgan fingerprint density at radius 3 is 2.44 bits per heavy atom. The van der Waals surface area contributed by atoms with Crippen LogP contribution >= 0.6 is 0 Å². The molecule has 0 aliphatic heterocycles. The zero-order chi connectivity index (χ0) is 13.6. The fourth-order valence-electron chi connectivity index (χ4n) is 1.41. The van der Waals surface area contributed by atoms with Crippen LogP contribution in [-0.2, 0) is 21.2 Å². The van der Waals surface area contributed by atoms with E-state index in [1.807, 2.05) is 30.3 Å². The summed E-state index contributed by atoms with van der Waals surface area (Å²) in [4.78, 5) is 11.6. The first kappa shape index (κ1) is 14.6. The van der Waals surface area contributed by atoms with Crippen molar-refractivity contribution in [2.75, 3.05) is 12.3 Å². The minimum atomic E-state index is -3.56. The van der Waals surface area contributed by atoms with Crippen LogP contribution in [0.1, 0.15) is 5.56 Å². The summed E-state index contributed by atoms with van der Waals surface area (Å²) >= 11 is 0. The van der Waals surface area contributed by atoms with Gasteiger partial charge < -0.3 is 11.1 Å². The van der Waals surface area contributed by atoms with Gasteiger partial charge in [0.2, 0.25) is 15.9 Å². The molecular formula is C11H17N3O3S. The summed E-state index contributed by atoms with van der Waals surface area (Å²) in [5, 5.41) is 7.25. The van der Waals surface area contributed by atoms with Gasteiger partial charge in [0, 0.05) is 6.54 Å². The summed E-state index contributed by atoms with van der Waals surface area (Å²) in [7, 11) is -3.56. The Balaban J connectivity index is 2.38. The van der Waals surface area contributed by atoms with E-state index in [2.05, 4.69) is 5.32 Å². The van der Waals surface area contributed by atoms with Gasteiger partial charge in [-0.2, -0.15) is 0 Å². The molecule has 1 rings (SSSR count). The van der Waals surface area contributed by atoms with Crippen molar-refractivity contribution in [1.82, 2.24) is 5.32 Å². The van der Waals surface area contributed by atoms with Crippen LogP contribution in [0.2, 0.25) is 0 Å². The van der Waals surface area contributed by atoms with E-state index in [9.17, 15) is 13.2 Å². The molecule has 5 N–H and O–H groups in total. The highest BCUT2D eigenvalue weighted by Crippen LogP contribution is 2.01. The van der Waals surface area contributed by atoms with Crippen molar-refractivity contribution in [3.63, 3.8) is 0 Å². The van der Waals surface area contributed by atoms with Gasteiger partial charge in [0.1, 0.15) is 0 Å². The van der Waals surface area contributed by atoms with Crippen LogP contribution in [0.5, 0.6) is 0 Å². The predicted molar refractivity (Wildman–Crippen MR) is 69.1 cm³/mol. The number of sulfonamides is 1. The number of hydrogen-bond donors (Lipinski definition) is 3. The monoisotopic (exact) mass is 271 g/mol. The molecule has 6 nitrogen and oxygen atoms in total. The SMILES string of the molecule is NC(Cc1ccccc1)C(=O)NCCS(N)(=O)=O. The standard InChI is InChI=1S/C11H17N3O3S/c12-10(8-9-4-2-1-3-5-9)11(15)14-6-7-18(13,16)17/h1-5,10H,6-8,12H2,(H,14,15)(H2,13,16,17). The van der Waals surface area contributed by atoms with Crippen molar-refractivity contribution in [3.8, 4) is 0 Å². The quantitative estimate of drug-likeness (QED) is 0.613. The molecule has 0 aromatic heterocycles. The molecule has 0 spiro atoms. The van der Waals surface area contributed by atoms with Gasteiger partial charge >= 0.3 is 0 Å². The number of primary sulfonamides is 1. The van der Waals surface area contributed by atoms with Gasteiger partial charge in [-0.15, -0.1) is 0 Å². The van der Waals surface area contributed by atoms with E-state index in [4.69, 9.17) is 10.9 Å². The second-order valence-electron chi connectivity index (χ2n) is 3.95. The third-order valence-electron chi connectivity index (χ3n) is 2.32. The number of benzene rings is 1. The van der Waals surface area contributed by atoms with Gasteiger partial charge in [-0.3, -0.25) is 4.79 Å². The Morgan fingerprint density at radius 1 is 1.28 bits per heavy atom. The van der Waals surface area contributed by atoms with Crippen molar-refractivity contribution < 1.29 is 13.2 Å². The summed E-state index contributed by atoms with van der Waals surface area (Å²) in [6.45, 7) is -0.0276. The van der Waals surface area contributed by atoms with E-state index in [-0.39, 0.29) is 18.2 Å². The number of rotatable bonds is 6. The average Bonchev–Trinajstić information content (AvgIpc) is 2.28. The summed E-state index contributed by atoms with van der Waals surface area (Å²) in [6.07, 6.45) is 0.405. The molecule has 0 bridgehead atoms. The number of nitrogens with two attached hydrogens (primary N) is 2. The first-order chi connectivity index (χ1) is 8.38. The summed E-state index contributed by atoms with van der Waals surface area (Å²) in [5.74, 6) is -0.681.